The third-order valence-electron chi connectivity index (χ3n) is 5.46. The molecular formula is C19H25N3O3S2. The van der Waals surface area contributed by atoms with Gasteiger partial charge in [-0.25, -0.2) is 8.42 Å². The van der Waals surface area contributed by atoms with E-state index in [2.05, 4.69) is 35.9 Å². The molecule has 146 valence electrons. The standard InChI is InChI=1S/C19H25N3O3S2/c1-3-21(4-2)14-7-9-15(10-8-14)22-16-11-27(24,25)12-17(16)26-19(22)20-18(23)13-5-6-13/h7-10,13,16-17H,3-6,11-12H2,1-2H3/t16-,17+/m1/s1. The number of fused-ring (bicyclic) bond motifs is 1. The molecule has 1 aromatic rings. The van der Waals surface area contributed by atoms with Crippen molar-refractivity contribution in [2.24, 2.45) is 10.9 Å². The Bertz CT molecular complexity index is 859. The molecule has 1 aliphatic carbocycles. The van der Waals surface area contributed by atoms with Crippen LogP contribution in [0.15, 0.2) is 29.3 Å². The van der Waals surface area contributed by atoms with Crippen molar-refractivity contribution in [1.29, 1.82) is 0 Å². The van der Waals surface area contributed by atoms with Crippen molar-refractivity contribution < 1.29 is 13.2 Å². The first kappa shape index (κ1) is 18.8. The molecular weight excluding hydrogens is 382 g/mol. The van der Waals surface area contributed by atoms with Crippen molar-refractivity contribution >= 4 is 44.0 Å². The Hall–Kier alpha value is -1.54. The minimum Gasteiger partial charge on any atom is -0.372 e. The SMILES string of the molecule is CCN(CC)c1ccc(N2C(=NC(=O)C3CC3)S[C@H]3CS(=O)(=O)C[C@H]32)cc1. The van der Waals surface area contributed by atoms with E-state index in [4.69, 9.17) is 0 Å². The van der Waals surface area contributed by atoms with Gasteiger partial charge in [-0.15, -0.1) is 0 Å². The lowest BCUT2D eigenvalue weighted by molar-refractivity contribution is -0.118. The van der Waals surface area contributed by atoms with Crippen LogP contribution in [0.1, 0.15) is 26.7 Å². The lowest BCUT2D eigenvalue weighted by atomic mass is 10.2. The van der Waals surface area contributed by atoms with E-state index in [9.17, 15) is 13.2 Å². The number of amidine groups is 1. The summed E-state index contributed by atoms with van der Waals surface area (Å²) in [6, 6.07) is 8.00. The van der Waals surface area contributed by atoms with Crippen LogP contribution in [0.25, 0.3) is 0 Å². The van der Waals surface area contributed by atoms with Crippen LogP contribution < -0.4 is 9.80 Å². The highest BCUT2D eigenvalue weighted by Gasteiger charge is 2.49. The van der Waals surface area contributed by atoms with Crippen molar-refractivity contribution in [2.45, 2.75) is 38.0 Å². The van der Waals surface area contributed by atoms with E-state index in [1.165, 1.54) is 11.8 Å². The maximum absolute atomic E-state index is 12.3. The topological polar surface area (TPSA) is 70.0 Å². The van der Waals surface area contributed by atoms with Gasteiger partial charge in [-0.2, -0.15) is 4.99 Å². The normalized spacial score (nSPS) is 27.8. The third-order valence-corrected chi connectivity index (χ3v) is 8.67. The van der Waals surface area contributed by atoms with Crippen LogP contribution in [0, 0.1) is 5.92 Å². The molecule has 4 rings (SSSR count). The summed E-state index contributed by atoms with van der Waals surface area (Å²) in [6.07, 6.45) is 1.83. The molecule has 0 spiro atoms. The summed E-state index contributed by atoms with van der Waals surface area (Å²) in [5.74, 6) is 0.283. The Morgan fingerprint density at radius 2 is 1.85 bits per heavy atom. The number of hydrogen-bond donors (Lipinski definition) is 0. The Labute approximate surface area is 164 Å². The van der Waals surface area contributed by atoms with Crippen LogP contribution in [-0.4, -0.2) is 55.4 Å². The molecule has 0 bridgehead atoms. The molecule has 1 saturated carbocycles. The molecule has 8 heteroatoms. The van der Waals surface area contributed by atoms with Crippen LogP contribution in [0.5, 0.6) is 0 Å². The number of sulfone groups is 1. The molecule has 1 aromatic carbocycles. The zero-order valence-electron chi connectivity index (χ0n) is 15.7. The minimum atomic E-state index is -3.04. The smallest absolute Gasteiger partial charge is 0.251 e. The van der Waals surface area contributed by atoms with Gasteiger partial charge in [0.25, 0.3) is 5.91 Å². The predicted molar refractivity (Wildman–Crippen MR) is 111 cm³/mol. The van der Waals surface area contributed by atoms with Crippen molar-refractivity contribution in [2.75, 3.05) is 34.4 Å². The molecule has 6 nitrogen and oxygen atoms in total. The van der Waals surface area contributed by atoms with Crippen LogP contribution in [0.3, 0.4) is 0 Å². The zero-order valence-corrected chi connectivity index (χ0v) is 17.3. The lowest BCUT2D eigenvalue weighted by Crippen LogP contribution is -2.37. The van der Waals surface area contributed by atoms with E-state index in [1.807, 2.05) is 17.0 Å². The number of thioether (sulfide) groups is 1. The number of benzene rings is 1. The molecule has 3 fully saturated rings. The number of amides is 1. The first-order valence-electron chi connectivity index (χ1n) is 9.55. The molecule has 27 heavy (non-hydrogen) atoms. The number of rotatable bonds is 5. The number of anilines is 2. The molecule has 2 saturated heterocycles. The minimum absolute atomic E-state index is 0.0526. The summed E-state index contributed by atoms with van der Waals surface area (Å²) in [7, 11) is -3.04. The van der Waals surface area contributed by atoms with Gasteiger partial charge >= 0.3 is 0 Å². The highest BCUT2D eigenvalue weighted by atomic mass is 32.2. The van der Waals surface area contributed by atoms with Crippen LogP contribution in [-0.2, 0) is 14.6 Å². The largest absolute Gasteiger partial charge is 0.372 e. The zero-order chi connectivity index (χ0) is 19.2. The highest BCUT2D eigenvalue weighted by Crippen LogP contribution is 2.42. The number of carbonyl (C=O) groups is 1. The van der Waals surface area contributed by atoms with Gasteiger partial charge in [0.05, 0.1) is 17.5 Å². The van der Waals surface area contributed by atoms with Gasteiger partial charge in [0.2, 0.25) is 0 Å². The Balaban J connectivity index is 1.66. The number of carbonyl (C=O) groups excluding carboxylic acids is 1. The number of nitrogens with zero attached hydrogens (tertiary/aromatic N) is 3. The summed E-state index contributed by atoms with van der Waals surface area (Å²) < 4.78 is 24.3. The van der Waals surface area contributed by atoms with Crippen molar-refractivity contribution in [3.8, 4) is 0 Å². The molecule has 0 radical (unpaired) electrons. The van der Waals surface area contributed by atoms with Gasteiger partial charge in [0.15, 0.2) is 15.0 Å². The molecule has 0 aromatic heterocycles. The van der Waals surface area contributed by atoms with Gasteiger partial charge in [0, 0.05) is 35.6 Å². The first-order chi connectivity index (χ1) is 12.9. The fourth-order valence-electron chi connectivity index (χ4n) is 3.80. The second-order valence-electron chi connectivity index (χ2n) is 7.37. The first-order valence-corrected chi connectivity index (χ1v) is 12.3. The molecule has 2 atom stereocenters. The molecule has 0 unspecified atom stereocenters. The maximum Gasteiger partial charge on any atom is 0.251 e. The van der Waals surface area contributed by atoms with Crippen LogP contribution in [0.2, 0.25) is 0 Å². The highest BCUT2D eigenvalue weighted by molar-refractivity contribution is 8.16. The van der Waals surface area contributed by atoms with Crippen molar-refractivity contribution in [3.63, 3.8) is 0 Å². The van der Waals surface area contributed by atoms with E-state index < -0.39 is 9.84 Å². The maximum atomic E-state index is 12.3. The van der Waals surface area contributed by atoms with Crippen molar-refractivity contribution in [3.05, 3.63) is 24.3 Å². The number of hydrogen-bond acceptors (Lipinski definition) is 5. The van der Waals surface area contributed by atoms with Crippen molar-refractivity contribution in [1.82, 2.24) is 0 Å². The monoisotopic (exact) mass is 407 g/mol. The second kappa shape index (κ2) is 7.13. The second-order valence-corrected chi connectivity index (χ2v) is 10.7. The molecule has 1 amide bonds. The predicted octanol–water partition coefficient (Wildman–Crippen LogP) is 2.54. The van der Waals surface area contributed by atoms with Gasteiger partial charge in [-0.1, -0.05) is 11.8 Å². The molecule has 2 aliphatic heterocycles. The van der Waals surface area contributed by atoms with Crippen LogP contribution in [0.4, 0.5) is 11.4 Å². The lowest BCUT2D eigenvalue weighted by Gasteiger charge is -2.26. The van der Waals surface area contributed by atoms with Gasteiger partial charge in [0.1, 0.15) is 0 Å². The molecule has 3 aliphatic rings. The quantitative estimate of drug-likeness (QED) is 0.747. The van der Waals surface area contributed by atoms with Gasteiger partial charge in [-0.3, -0.25) is 4.79 Å². The molecule has 0 N–H and O–H groups in total. The van der Waals surface area contributed by atoms with E-state index in [0.29, 0.717) is 5.17 Å². The average molecular weight is 408 g/mol. The van der Waals surface area contributed by atoms with E-state index >= 15 is 0 Å². The molecule has 2 heterocycles. The van der Waals surface area contributed by atoms with Gasteiger partial charge in [-0.05, 0) is 51.0 Å². The summed E-state index contributed by atoms with van der Waals surface area (Å²) in [5.41, 5.74) is 2.05. The fraction of sp³-hybridized carbons (Fsp3) is 0.579. The Kier molecular flexibility index (Phi) is 4.96. The fourth-order valence-corrected chi connectivity index (χ4v) is 7.71. The Morgan fingerprint density at radius 3 is 2.44 bits per heavy atom. The summed E-state index contributed by atoms with van der Waals surface area (Å²) >= 11 is 1.45. The van der Waals surface area contributed by atoms with E-state index in [0.717, 1.165) is 37.3 Å². The van der Waals surface area contributed by atoms with E-state index in [-0.39, 0.29) is 34.6 Å². The summed E-state index contributed by atoms with van der Waals surface area (Å²) in [6.45, 7) is 6.11. The third kappa shape index (κ3) is 3.74. The Morgan fingerprint density at radius 1 is 1.19 bits per heavy atom. The van der Waals surface area contributed by atoms with Gasteiger partial charge < -0.3 is 9.80 Å². The van der Waals surface area contributed by atoms with E-state index in [1.54, 1.807) is 0 Å². The summed E-state index contributed by atoms with van der Waals surface area (Å²) in [5, 5.41) is 0.607. The average Bonchev–Trinajstić information content (AvgIpc) is 3.37. The number of aliphatic imine (C=N–C) groups is 1. The summed E-state index contributed by atoms with van der Waals surface area (Å²) in [4.78, 5) is 20.9. The van der Waals surface area contributed by atoms with Crippen LogP contribution >= 0.6 is 11.8 Å².